The van der Waals surface area contributed by atoms with Gasteiger partial charge >= 0.3 is 0 Å². The van der Waals surface area contributed by atoms with Crippen LogP contribution >= 0.6 is 11.3 Å². The van der Waals surface area contributed by atoms with Crippen LogP contribution < -0.4 is 5.56 Å². The van der Waals surface area contributed by atoms with Gasteiger partial charge in [0.05, 0.1) is 18.5 Å². The molecule has 4 rings (SSSR count). The maximum atomic E-state index is 14.2. The van der Waals surface area contributed by atoms with Crippen molar-refractivity contribution in [2.75, 3.05) is 13.7 Å². The van der Waals surface area contributed by atoms with E-state index in [1.165, 1.54) is 17.4 Å². The number of rotatable bonds is 6. The molecule has 0 unspecified atom stereocenters. The van der Waals surface area contributed by atoms with Crippen molar-refractivity contribution in [2.45, 2.75) is 13.0 Å². The molecule has 0 bridgehead atoms. The van der Waals surface area contributed by atoms with Crippen LogP contribution in [0.4, 0.5) is 4.39 Å². The normalized spacial score (nSPS) is 11.2. The third kappa shape index (κ3) is 3.61. The number of hydrogen-bond acceptors (Lipinski definition) is 4. The molecule has 0 aliphatic rings. The van der Waals surface area contributed by atoms with Crippen LogP contribution in [0.5, 0.6) is 0 Å². The molecule has 2 aromatic heterocycles. The molecule has 0 atom stereocenters. The minimum absolute atomic E-state index is 0.119. The Labute approximate surface area is 165 Å². The second-order valence-corrected chi connectivity index (χ2v) is 7.47. The summed E-state index contributed by atoms with van der Waals surface area (Å²) in [5.41, 5.74) is 1.44. The SMILES string of the molecule is COCCn1c(Cc2ccccc2F)nc2sc(-c3ccccc3)cc2c1=O. The van der Waals surface area contributed by atoms with Gasteiger partial charge in [0.1, 0.15) is 16.5 Å². The third-order valence-electron chi connectivity index (χ3n) is 4.61. The second-order valence-electron chi connectivity index (χ2n) is 6.44. The molecule has 0 spiro atoms. The molecule has 4 nitrogen and oxygen atoms in total. The molecule has 4 aromatic rings. The minimum atomic E-state index is -0.300. The van der Waals surface area contributed by atoms with Crippen LogP contribution in [0.1, 0.15) is 11.4 Å². The van der Waals surface area contributed by atoms with Gasteiger partial charge in [0, 0.05) is 18.4 Å². The molecule has 6 heteroatoms. The van der Waals surface area contributed by atoms with Gasteiger partial charge in [-0.2, -0.15) is 0 Å². The average Bonchev–Trinajstić information content (AvgIpc) is 3.15. The van der Waals surface area contributed by atoms with Gasteiger partial charge in [-0.25, -0.2) is 9.37 Å². The van der Waals surface area contributed by atoms with E-state index in [2.05, 4.69) is 0 Å². The number of hydrogen-bond donors (Lipinski definition) is 0. The Kier molecular flexibility index (Phi) is 5.32. The zero-order valence-corrected chi connectivity index (χ0v) is 16.2. The largest absolute Gasteiger partial charge is 0.383 e. The van der Waals surface area contributed by atoms with Gasteiger partial charge in [-0.15, -0.1) is 11.3 Å². The third-order valence-corrected chi connectivity index (χ3v) is 5.69. The van der Waals surface area contributed by atoms with E-state index in [1.807, 2.05) is 36.4 Å². The first-order chi connectivity index (χ1) is 13.7. The van der Waals surface area contributed by atoms with Crippen molar-refractivity contribution in [3.8, 4) is 10.4 Å². The van der Waals surface area contributed by atoms with E-state index >= 15 is 0 Å². The molecule has 0 aliphatic heterocycles. The van der Waals surface area contributed by atoms with Crippen LogP contribution in [0.2, 0.25) is 0 Å². The summed E-state index contributed by atoms with van der Waals surface area (Å²) in [6.07, 6.45) is 0.250. The smallest absolute Gasteiger partial charge is 0.262 e. The van der Waals surface area contributed by atoms with Crippen LogP contribution in [0.25, 0.3) is 20.7 Å². The number of benzene rings is 2. The van der Waals surface area contributed by atoms with E-state index in [1.54, 1.807) is 29.9 Å². The van der Waals surface area contributed by atoms with Gasteiger partial charge in [0.25, 0.3) is 5.56 Å². The van der Waals surface area contributed by atoms with Crippen LogP contribution in [-0.4, -0.2) is 23.3 Å². The van der Waals surface area contributed by atoms with Crippen molar-refractivity contribution < 1.29 is 9.13 Å². The zero-order valence-electron chi connectivity index (χ0n) is 15.4. The maximum absolute atomic E-state index is 14.2. The highest BCUT2D eigenvalue weighted by molar-refractivity contribution is 7.21. The highest BCUT2D eigenvalue weighted by Crippen LogP contribution is 2.31. The Morgan fingerprint density at radius 3 is 2.61 bits per heavy atom. The fourth-order valence-corrected chi connectivity index (χ4v) is 4.21. The Hall–Kier alpha value is -2.83. The lowest BCUT2D eigenvalue weighted by Gasteiger charge is -2.12. The maximum Gasteiger partial charge on any atom is 0.262 e. The molecule has 0 radical (unpaired) electrons. The molecule has 28 heavy (non-hydrogen) atoms. The standard InChI is InChI=1S/C22H19FN2O2S/c1-27-12-11-25-20(13-16-9-5-6-10-18(16)23)24-21-17(22(25)26)14-19(28-21)15-7-3-2-4-8-15/h2-10,14H,11-13H2,1H3. The predicted molar refractivity (Wildman–Crippen MR) is 110 cm³/mol. The number of ether oxygens (including phenoxy) is 1. The number of halogens is 1. The van der Waals surface area contributed by atoms with Crippen LogP contribution in [-0.2, 0) is 17.7 Å². The molecule has 0 aliphatic carbocycles. The number of fused-ring (bicyclic) bond motifs is 1. The van der Waals surface area contributed by atoms with Crippen LogP contribution in [0.15, 0.2) is 65.5 Å². The first-order valence-corrected chi connectivity index (χ1v) is 9.80. The van der Waals surface area contributed by atoms with Crippen molar-refractivity contribution in [3.05, 3.63) is 88.2 Å². The summed E-state index contributed by atoms with van der Waals surface area (Å²) >= 11 is 1.48. The van der Waals surface area contributed by atoms with E-state index in [9.17, 15) is 9.18 Å². The summed E-state index contributed by atoms with van der Waals surface area (Å²) < 4.78 is 20.9. The highest BCUT2D eigenvalue weighted by atomic mass is 32.1. The number of aromatic nitrogens is 2. The molecule has 0 saturated carbocycles. The lowest BCUT2D eigenvalue weighted by atomic mass is 10.1. The monoisotopic (exact) mass is 394 g/mol. The molecule has 2 aromatic carbocycles. The van der Waals surface area contributed by atoms with Crippen molar-refractivity contribution in [2.24, 2.45) is 0 Å². The fourth-order valence-electron chi connectivity index (χ4n) is 3.16. The molecule has 0 N–H and O–H groups in total. The summed E-state index contributed by atoms with van der Waals surface area (Å²) in [5, 5.41) is 0.581. The minimum Gasteiger partial charge on any atom is -0.383 e. The zero-order chi connectivity index (χ0) is 19.5. The Morgan fingerprint density at radius 2 is 1.86 bits per heavy atom. The molecule has 142 valence electrons. The Morgan fingerprint density at radius 1 is 1.11 bits per heavy atom. The van der Waals surface area contributed by atoms with Gasteiger partial charge in [0.15, 0.2) is 0 Å². The fraction of sp³-hybridized carbons (Fsp3) is 0.182. The lowest BCUT2D eigenvalue weighted by molar-refractivity contribution is 0.185. The summed E-state index contributed by atoms with van der Waals surface area (Å²) in [6, 6.07) is 18.4. The molecule has 0 amide bonds. The highest BCUT2D eigenvalue weighted by Gasteiger charge is 2.16. The summed E-state index contributed by atoms with van der Waals surface area (Å²) in [4.78, 5) is 19.5. The van der Waals surface area contributed by atoms with E-state index in [-0.39, 0.29) is 17.8 Å². The molecule has 0 fully saturated rings. The quantitative estimate of drug-likeness (QED) is 0.484. The molecule has 0 saturated heterocycles. The topological polar surface area (TPSA) is 44.1 Å². The summed E-state index contributed by atoms with van der Waals surface area (Å²) in [6.45, 7) is 0.756. The molecular formula is C22H19FN2O2S. The van der Waals surface area contributed by atoms with Crippen molar-refractivity contribution >= 4 is 21.6 Å². The van der Waals surface area contributed by atoms with Crippen molar-refractivity contribution in [3.63, 3.8) is 0 Å². The Balaban J connectivity index is 1.85. The predicted octanol–water partition coefficient (Wildman–Crippen LogP) is 4.50. The van der Waals surface area contributed by atoms with Crippen molar-refractivity contribution in [1.29, 1.82) is 0 Å². The number of nitrogens with zero attached hydrogens (tertiary/aromatic N) is 2. The lowest BCUT2D eigenvalue weighted by Crippen LogP contribution is -2.27. The van der Waals surface area contributed by atoms with E-state index < -0.39 is 0 Å². The van der Waals surface area contributed by atoms with Gasteiger partial charge in [-0.05, 0) is 23.3 Å². The van der Waals surface area contributed by atoms with Crippen LogP contribution in [0, 0.1) is 5.82 Å². The van der Waals surface area contributed by atoms with E-state index in [0.29, 0.717) is 34.8 Å². The number of thiophene rings is 1. The summed E-state index contributed by atoms with van der Waals surface area (Å²) in [7, 11) is 1.59. The van der Waals surface area contributed by atoms with Gasteiger partial charge in [-0.3, -0.25) is 9.36 Å². The van der Waals surface area contributed by atoms with Gasteiger partial charge < -0.3 is 4.74 Å². The molecule has 2 heterocycles. The van der Waals surface area contributed by atoms with Gasteiger partial charge in [-0.1, -0.05) is 48.5 Å². The second kappa shape index (κ2) is 8.04. The Bertz CT molecular complexity index is 1170. The van der Waals surface area contributed by atoms with E-state index in [4.69, 9.17) is 9.72 Å². The summed E-state index contributed by atoms with van der Waals surface area (Å²) in [5.74, 6) is 0.243. The first kappa shape index (κ1) is 18.5. The van der Waals surface area contributed by atoms with Crippen molar-refractivity contribution in [1.82, 2.24) is 9.55 Å². The van der Waals surface area contributed by atoms with E-state index in [0.717, 1.165) is 10.4 Å². The van der Waals surface area contributed by atoms with Crippen LogP contribution in [0.3, 0.4) is 0 Å². The number of methoxy groups -OCH3 is 1. The molecular weight excluding hydrogens is 375 g/mol. The average molecular weight is 394 g/mol. The first-order valence-electron chi connectivity index (χ1n) is 8.98. The van der Waals surface area contributed by atoms with Gasteiger partial charge in [0.2, 0.25) is 0 Å².